The molecule has 0 heterocycles. The minimum Gasteiger partial charge on any atom is -0.395 e. The third-order valence-electron chi connectivity index (χ3n) is 9.76. The minimum absolute atomic E-state index is 0.316. The molecule has 0 aliphatic heterocycles. The molecule has 0 spiro atoms. The topological polar surface area (TPSA) is 23.5 Å². The lowest BCUT2D eigenvalue weighted by Crippen LogP contribution is -2.29. The van der Waals surface area contributed by atoms with E-state index >= 15 is 0 Å². The second kappa shape index (κ2) is 37.1. The van der Waals surface area contributed by atoms with E-state index in [9.17, 15) is 5.11 Å². The molecule has 0 rings (SSSR count). The summed E-state index contributed by atoms with van der Waals surface area (Å²) in [6, 6.07) is 0. The Morgan fingerprint density at radius 1 is 0.333 bits per heavy atom. The van der Waals surface area contributed by atoms with Crippen LogP contribution < -0.4 is 0 Å². The van der Waals surface area contributed by atoms with Crippen LogP contribution in [-0.4, -0.2) is 36.2 Å². The fraction of sp³-hybridized carbons (Fsp3) is 1.00. The van der Waals surface area contributed by atoms with Gasteiger partial charge in [0.25, 0.3) is 0 Å². The molecule has 0 bridgehead atoms. The first-order valence-corrected chi connectivity index (χ1v) is 20.1. The molecule has 0 fully saturated rings. The second-order valence-electron chi connectivity index (χ2n) is 14.0. The molecule has 0 aliphatic carbocycles. The van der Waals surface area contributed by atoms with E-state index in [0.29, 0.717) is 6.61 Å². The lowest BCUT2D eigenvalue weighted by molar-refractivity contribution is 0.190. The van der Waals surface area contributed by atoms with E-state index in [4.69, 9.17) is 0 Å². The smallest absolute Gasteiger partial charge is 0.0558 e. The Balaban J connectivity index is 3.88. The monoisotopic (exact) mass is 594 g/mol. The largest absolute Gasteiger partial charge is 0.395 e. The maximum atomic E-state index is 9.54. The summed E-state index contributed by atoms with van der Waals surface area (Å²) in [4.78, 5) is 2.54. The summed E-state index contributed by atoms with van der Waals surface area (Å²) in [6.45, 7) is 10.5. The van der Waals surface area contributed by atoms with Crippen LogP contribution in [0.15, 0.2) is 0 Å². The number of unbranched alkanes of at least 4 members (excludes halogenated alkanes) is 25. The van der Waals surface area contributed by atoms with Gasteiger partial charge in [0.15, 0.2) is 0 Å². The predicted molar refractivity (Wildman–Crippen MR) is 192 cm³/mol. The van der Waals surface area contributed by atoms with Gasteiger partial charge in [0.2, 0.25) is 0 Å². The van der Waals surface area contributed by atoms with Crippen molar-refractivity contribution < 1.29 is 5.11 Å². The first-order chi connectivity index (χ1) is 20.8. The molecule has 0 aromatic carbocycles. The molecule has 0 unspecified atom stereocenters. The summed E-state index contributed by atoms with van der Waals surface area (Å²) >= 11 is 0. The summed E-state index contributed by atoms with van der Waals surface area (Å²) in [5, 5.41) is 9.54. The normalized spacial score (nSPS) is 11.9. The van der Waals surface area contributed by atoms with Gasteiger partial charge in [-0.2, -0.15) is 0 Å². The maximum absolute atomic E-state index is 9.54. The van der Waals surface area contributed by atoms with Crippen LogP contribution in [0.1, 0.15) is 226 Å². The van der Waals surface area contributed by atoms with Gasteiger partial charge in [0.05, 0.1) is 6.61 Å². The Bertz CT molecular complexity index is 451. The highest BCUT2D eigenvalue weighted by molar-refractivity contribution is 4.63. The van der Waals surface area contributed by atoms with E-state index in [1.165, 1.54) is 219 Å². The summed E-state index contributed by atoms with van der Waals surface area (Å²) in [5.74, 6) is 0.998. The highest BCUT2D eigenvalue weighted by atomic mass is 16.3. The highest BCUT2D eigenvalue weighted by Crippen LogP contribution is 2.25. The Morgan fingerprint density at radius 3 is 0.881 bits per heavy atom. The number of hydrogen-bond acceptors (Lipinski definition) is 2. The molecule has 42 heavy (non-hydrogen) atoms. The van der Waals surface area contributed by atoms with Crippen molar-refractivity contribution in [1.82, 2.24) is 4.90 Å². The Labute approximate surface area is 268 Å². The van der Waals surface area contributed by atoms with Crippen LogP contribution in [0.2, 0.25) is 0 Å². The Hall–Kier alpha value is -0.0800. The average Bonchev–Trinajstić information content (AvgIpc) is 3.00. The number of hydrogen-bond donors (Lipinski definition) is 1. The number of rotatable bonds is 37. The van der Waals surface area contributed by atoms with Gasteiger partial charge in [-0.1, -0.05) is 213 Å². The summed E-state index contributed by atoms with van der Waals surface area (Å²) in [5.41, 5.74) is 0. The van der Waals surface area contributed by atoms with Crippen LogP contribution in [0, 0.1) is 5.92 Å². The quantitative estimate of drug-likeness (QED) is 0.0724. The van der Waals surface area contributed by atoms with Crippen molar-refractivity contribution >= 4 is 0 Å². The van der Waals surface area contributed by atoms with Gasteiger partial charge in [-0.05, 0) is 31.8 Å². The standard InChI is InChI=1S/C40H83NO/c1-4-7-10-13-16-17-18-19-20-21-26-31-36-41(38-39-42)37-32-27-22-25-30-35-40(33-28-23-14-11-8-5-2)34-29-24-15-12-9-6-3/h40,42H,4-39H2,1-3H3. The summed E-state index contributed by atoms with van der Waals surface area (Å²) in [7, 11) is 0. The van der Waals surface area contributed by atoms with Gasteiger partial charge < -0.3 is 10.0 Å². The Kier molecular flexibility index (Phi) is 37.0. The third-order valence-corrected chi connectivity index (χ3v) is 9.76. The molecule has 0 aliphatic rings. The van der Waals surface area contributed by atoms with Crippen molar-refractivity contribution in [3.63, 3.8) is 0 Å². The van der Waals surface area contributed by atoms with Gasteiger partial charge in [-0.3, -0.25) is 0 Å². The zero-order valence-corrected chi connectivity index (χ0v) is 29.9. The number of nitrogens with zero attached hydrogens (tertiary/aromatic N) is 1. The lowest BCUT2D eigenvalue weighted by atomic mass is 9.89. The lowest BCUT2D eigenvalue weighted by Gasteiger charge is -2.21. The van der Waals surface area contributed by atoms with Crippen molar-refractivity contribution in [1.29, 1.82) is 0 Å². The molecule has 0 radical (unpaired) electrons. The van der Waals surface area contributed by atoms with Crippen molar-refractivity contribution in [2.45, 2.75) is 226 Å². The SMILES string of the molecule is CCCCCCCCCCCCCCN(CCO)CCCCCCCC(CCCCCCCC)CCCCCCCC. The van der Waals surface area contributed by atoms with Crippen LogP contribution in [0.3, 0.4) is 0 Å². The van der Waals surface area contributed by atoms with Crippen LogP contribution in [0.25, 0.3) is 0 Å². The van der Waals surface area contributed by atoms with E-state index in [-0.39, 0.29) is 0 Å². The Morgan fingerprint density at radius 2 is 0.595 bits per heavy atom. The molecule has 254 valence electrons. The molecule has 2 nitrogen and oxygen atoms in total. The van der Waals surface area contributed by atoms with E-state index in [0.717, 1.165) is 12.5 Å². The molecule has 0 atom stereocenters. The van der Waals surface area contributed by atoms with Gasteiger partial charge in [-0.25, -0.2) is 0 Å². The molecular weight excluding hydrogens is 510 g/mol. The first kappa shape index (κ1) is 41.9. The molecule has 0 saturated carbocycles. The van der Waals surface area contributed by atoms with Crippen LogP contribution in [-0.2, 0) is 0 Å². The first-order valence-electron chi connectivity index (χ1n) is 20.1. The molecular formula is C40H83NO. The number of aliphatic hydroxyl groups is 1. The molecule has 0 aromatic heterocycles. The molecule has 0 amide bonds. The van der Waals surface area contributed by atoms with E-state index < -0.39 is 0 Å². The molecule has 2 heteroatoms. The summed E-state index contributed by atoms with van der Waals surface area (Å²) in [6.07, 6.45) is 45.7. The van der Waals surface area contributed by atoms with Gasteiger partial charge in [-0.15, -0.1) is 0 Å². The van der Waals surface area contributed by atoms with Crippen LogP contribution in [0.4, 0.5) is 0 Å². The molecule has 1 N–H and O–H groups in total. The fourth-order valence-electron chi connectivity index (χ4n) is 6.81. The van der Waals surface area contributed by atoms with Crippen molar-refractivity contribution in [2.75, 3.05) is 26.2 Å². The van der Waals surface area contributed by atoms with E-state index in [1.807, 2.05) is 0 Å². The highest BCUT2D eigenvalue weighted by Gasteiger charge is 2.09. The van der Waals surface area contributed by atoms with Gasteiger partial charge in [0, 0.05) is 6.54 Å². The third kappa shape index (κ3) is 32.8. The fourth-order valence-corrected chi connectivity index (χ4v) is 6.81. The van der Waals surface area contributed by atoms with E-state index in [2.05, 4.69) is 25.7 Å². The van der Waals surface area contributed by atoms with Crippen LogP contribution >= 0.6 is 0 Å². The van der Waals surface area contributed by atoms with E-state index in [1.54, 1.807) is 0 Å². The molecule has 0 saturated heterocycles. The predicted octanol–water partition coefficient (Wildman–Crippen LogP) is 13.4. The van der Waals surface area contributed by atoms with Crippen molar-refractivity contribution in [2.24, 2.45) is 5.92 Å². The van der Waals surface area contributed by atoms with Crippen molar-refractivity contribution in [3.05, 3.63) is 0 Å². The second-order valence-corrected chi connectivity index (χ2v) is 14.0. The minimum atomic E-state index is 0.316. The van der Waals surface area contributed by atoms with Gasteiger partial charge >= 0.3 is 0 Å². The van der Waals surface area contributed by atoms with Crippen molar-refractivity contribution in [3.8, 4) is 0 Å². The van der Waals surface area contributed by atoms with Crippen LogP contribution in [0.5, 0.6) is 0 Å². The molecule has 0 aromatic rings. The zero-order chi connectivity index (χ0) is 30.6. The summed E-state index contributed by atoms with van der Waals surface area (Å²) < 4.78 is 0. The zero-order valence-electron chi connectivity index (χ0n) is 29.9. The number of aliphatic hydroxyl groups excluding tert-OH is 1. The average molecular weight is 594 g/mol. The van der Waals surface area contributed by atoms with Gasteiger partial charge in [0.1, 0.15) is 0 Å². The maximum Gasteiger partial charge on any atom is 0.0558 e.